The summed E-state index contributed by atoms with van der Waals surface area (Å²) >= 11 is 0. The highest BCUT2D eigenvalue weighted by Crippen LogP contribution is 2.30. The maximum absolute atomic E-state index is 3.46. The van der Waals surface area contributed by atoms with Crippen LogP contribution in [0.1, 0.15) is 30.5 Å². The summed E-state index contributed by atoms with van der Waals surface area (Å²) in [6, 6.07) is 22.1. The average Bonchev–Trinajstić information content (AvgIpc) is 2.64. The molecule has 0 spiro atoms. The molecule has 0 amide bonds. The predicted molar refractivity (Wildman–Crippen MR) is 96.2 cm³/mol. The lowest BCUT2D eigenvalue weighted by atomic mass is 9.98. The minimum Gasteiger partial charge on any atom is -0.314 e. The van der Waals surface area contributed by atoms with Crippen LogP contribution in [-0.2, 0) is 0 Å². The number of nitrogens with zero attached hydrogens (tertiary/aromatic N) is 2. The highest BCUT2D eigenvalue weighted by atomic mass is 15.6. The van der Waals surface area contributed by atoms with Gasteiger partial charge in [0.1, 0.15) is 0 Å². The molecule has 1 fully saturated rings. The van der Waals surface area contributed by atoms with E-state index in [0.717, 1.165) is 39.1 Å². The highest BCUT2D eigenvalue weighted by molar-refractivity contribution is 5.31. The molecule has 1 heterocycles. The molecule has 0 unspecified atom stereocenters. The SMILES string of the molecule is CCCN(C(c1ccccc1)c1ccccc1)N1CCNCC1. The standard InChI is InChI=1S/C20H27N3/c1-2-15-23(22-16-13-21-14-17-22)20(18-9-5-3-6-10-18)19-11-7-4-8-12-19/h3-12,20-21H,2,13-17H2,1H3. The van der Waals surface area contributed by atoms with Gasteiger partial charge in [-0.15, -0.1) is 0 Å². The van der Waals surface area contributed by atoms with E-state index >= 15 is 0 Å². The normalized spacial score (nSPS) is 16.1. The van der Waals surface area contributed by atoms with Crippen LogP contribution in [0.15, 0.2) is 60.7 Å². The van der Waals surface area contributed by atoms with Crippen LogP contribution in [0.4, 0.5) is 0 Å². The van der Waals surface area contributed by atoms with E-state index in [0.29, 0.717) is 0 Å². The van der Waals surface area contributed by atoms with Crippen LogP contribution in [0.2, 0.25) is 0 Å². The van der Waals surface area contributed by atoms with Gasteiger partial charge in [-0.1, -0.05) is 67.6 Å². The predicted octanol–water partition coefficient (Wildman–Crippen LogP) is 3.31. The molecule has 2 aromatic carbocycles. The fraction of sp³-hybridized carbons (Fsp3) is 0.400. The van der Waals surface area contributed by atoms with E-state index in [1.54, 1.807) is 0 Å². The first-order valence-corrected chi connectivity index (χ1v) is 8.72. The summed E-state index contributed by atoms with van der Waals surface area (Å²) in [7, 11) is 0. The molecule has 1 aliphatic rings. The summed E-state index contributed by atoms with van der Waals surface area (Å²) in [5.74, 6) is 0. The summed E-state index contributed by atoms with van der Waals surface area (Å²) in [4.78, 5) is 0. The lowest BCUT2D eigenvalue weighted by Gasteiger charge is -2.43. The van der Waals surface area contributed by atoms with Crippen LogP contribution in [0.25, 0.3) is 0 Å². The Morgan fingerprint density at radius 3 is 1.91 bits per heavy atom. The zero-order valence-corrected chi connectivity index (χ0v) is 14.0. The van der Waals surface area contributed by atoms with Crippen LogP contribution in [0, 0.1) is 0 Å². The molecule has 0 atom stereocenters. The number of nitrogens with one attached hydrogen (secondary N) is 1. The number of hydrogen-bond acceptors (Lipinski definition) is 3. The number of rotatable bonds is 6. The second kappa shape index (κ2) is 8.25. The summed E-state index contributed by atoms with van der Waals surface area (Å²) in [6.45, 7) is 7.63. The van der Waals surface area contributed by atoms with E-state index in [4.69, 9.17) is 0 Å². The molecular formula is C20H27N3. The highest BCUT2D eigenvalue weighted by Gasteiger charge is 2.27. The van der Waals surface area contributed by atoms with Gasteiger partial charge in [0.15, 0.2) is 0 Å². The Labute approximate surface area is 139 Å². The van der Waals surface area contributed by atoms with E-state index in [1.165, 1.54) is 11.1 Å². The molecule has 2 aromatic rings. The Kier molecular flexibility index (Phi) is 5.81. The molecule has 3 heteroatoms. The van der Waals surface area contributed by atoms with Crippen molar-refractivity contribution >= 4 is 0 Å². The van der Waals surface area contributed by atoms with Crippen LogP contribution in [-0.4, -0.2) is 42.7 Å². The van der Waals surface area contributed by atoms with Crippen LogP contribution in [0.5, 0.6) is 0 Å². The number of hydrogen-bond donors (Lipinski definition) is 1. The van der Waals surface area contributed by atoms with Crippen molar-refractivity contribution in [3.05, 3.63) is 71.8 Å². The molecule has 122 valence electrons. The minimum atomic E-state index is 0.287. The first kappa shape index (κ1) is 16.2. The lowest BCUT2D eigenvalue weighted by molar-refractivity contribution is -0.0584. The third-order valence-electron chi connectivity index (χ3n) is 4.44. The first-order valence-electron chi connectivity index (χ1n) is 8.72. The molecule has 0 bridgehead atoms. The van der Waals surface area contributed by atoms with E-state index in [1.807, 2.05) is 0 Å². The summed E-state index contributed by atoms with van der Waals surface area (Å²) in [5, 5.41) is 8.57. The fourth-order valence-electron chi connectivity index (χ4n) is 3.38. The van der Waals surface area contributed by atoms with Gasteiger partial charge in [0.25, 0.3) is 0 Å². The van der Waals surface area contributed by atoms with Gasteiger partial charge in [-0.05, 0) is 17.5 Å². The van der Waals surface area contributed by atoms with Crippen molar-refractivity contribution in [3.63, 3.8) is 0 Å². The van der Waals surface area contributed by atoms with Gasteiger partial charge < -0.3 is 5.32 Å². The molecule has 1 saturated heterocycles. The smallest absolute Gasteiger partial charge is 0.0745 e. The molecule has 3 rings (SSSR count). The second-order valence-corrected chi connectivity index (χ2v) is 6.09. The van der Waals surface area contributed by atoms with Gasteiger partial charge in [-0.2, -0.15) is 0 Å². The van der Waals surface area contributed by atoms with Crippen molar-refractivity contribution in [2.45, 2.75) is 19.4 Å². The van der Waals surface area contributed by atoms with Crippen LogP contribution < -0.4 is 5.32 Å². The Morgan fingerprint density at radius 1 is 0.913 bits per heavy atom. The molecule has 1 aliphatic heterocycles. The number of piperazine rings is 1. The zero-order chi connectivity index (χ0) is 15.9. The average molecular weight is 309 g/mol. The summed E-state index contributed by atoms with van der Waals surface area (Å²) in [5.41, 5.74) is 2.73. The van der Waals surface area contributed by atoms with Crippen LogP contribution in [0.3, 0.4) is 0 Å². The molecule has 23 heavy (non-hydrogen) atoms. The molecule has 0 aliphatic carbocycles. The molecular weight excluding hydrogens is 282 g/mol. The zero-order valence-electron chi connectivity index (χ0n) is 14.0. The van der Waals surface area contributed by atoms with Gasteiger partial charge in [-0.3, -0.25) is 0 Å². The topological polar surface area (TPSA) is 18.5 Å². The van der Waals surface area contributed by atoms with Crippen molar-refractivity contribution in [3.8, 4) is 0 Å². The second-order valence-electron chi connectivity index (χ2n) is 6.09. The molecule has 0 aromatic heterocycles. The van der Waals surface area contributed by atoms with E-state index in [2.05, 4.69) is 82.9 Å². The van der Waals surface area contributed by atoms with Gasteiger partial charge in [0, 0.05) is 32.7 Å². The van der Waals surface area contributed by atoms with Gasteiger partial charge in [-0.25, -0.2) is 10.0 Å². The molecule has 0 saturated carbocycles. The van der Waals surface area contributed by atoms with Gasteiger partial charge in [0.2, 0.25) is 0 Å². The number of hydrazine groups is 1. The summed E-state index contributed by atoms with van der Waals surface area (Å²) in [6.07, 6.45) is 1.15. The summed E-state index contributed by atoms with van der Waals surface area (Å²) < 4.78 is 0. The Hall–Kier alpha value is -1.68. The quantitative estimate of drug-likeness (QED) is 0.883. The van der Waals surface area contributed by atoms with Crippen LogP contribution >= 0.6 is 0 Å². The van der Waals surface area contributed by atoms with Crippen molar-refractivity contribution in [2.75, 3.05) is 32.7 Å². The van der Waals surface area contributed by atoms with E-state index in [-0.39, 0.29) is 6.04 Å². The lowest BCUT2D eigenvalue weighted by Crippen LogP contribution is -2.53. The third kappa shape index (κ3) is 3.99. The molecule has 3 nitrogen and oxygen atoms in total. The van der Waals surface area contributed by atoms with Gasteiger partial charge in [0.05, 0.1) is 6.04 Å². The Balaban J connectivity index is 1.97. The molecule has 1 N–H and O–H groups in total. The van der Waals surface area contributed by atoms with Crippen molar-refractivity contribution < 1.29 is 0 Å². The Bertz CT molecular complexity index is 524. The maximum atomic E-state index is 3.46. The van der Waals surface area contributed by atoms with E-state index < -0.39 is 0 Å². The first-order chi connectivity index (χ1) is 11.4. The fourth-order valence-corrected chi connectivity index (χ4v) is 3.38. The number of benzene rings is 2. The van der Waals surface area contributed by atoms with Gasteiger partial charge >= 0.3 is 0 Å². The Morgan fingerprint density at radius 2 is 1.43 bits per heavy atom. The maximum Gasteiger partial charge on any atom is 0.0745 e. The van der Waals surface area contributed by atoms with Crippen molar-refractivity contribution in [1.29, 1.82) is 0 Å². The van der Waals surface area contributed by atoms with E-state index in [9.17, 15) is 0 Å². The van der Waals surface area contributed by atoms with Crippen molar-refractivity contribution in [2.24, 2.45) is 0 Å². The third-order valence-corrected chi connectivity index (χ3v) is 4.44. The molecule has 0 radical (unpaired) electrons. The van der Waals surface area contributed by atoms with Crippen molar-refractivity contribution in [1.82, 2.24) is 15.3 Å². The largest absolute Gasteiger partial charge is 0.314 e. The minimum absolute atomic E-state index is 0.287. The monoisotopic (exact) mass is 309 g/mol.